The molecule has 0 aromatic carbocycles. The zero-order valence-electron chi connectivity index (χ0n) is 13.3. The highest BCUT2D eigenvalue weighted by molar-refractivity contribution is 5.98. The molecule has 0 bridgehead atoms. The van der Waals surface area contributed by atoms with Gasteiger partial charge in [-0.2, -0.15) is 4.98 Å². The van der Waals surface area contributed by atoms with Gasteiger partial charge in [0.2, 0.25) is 17.7 Å². The van der Waals surface area contributed by atoms with Crippen LogP contribution in [0.25, 0.3) is 0 Å². The van der Waals surface area contributed by atoms with Crippen molar-refractivity contribution in [2.75, 3.05) is 0 Å². The first-order valence-electron chi connectivity index (χ1n) is 8.32. The quantitative estimate of drug-likeness (QED) is 0.744. The van der Waals surface area contributed by atoms with E-state index in [0.717, 1.165) is 12.8 Å². The topological polar surface area (TPSA) is 126 Å². The van der Waals surface area contributed by atoms with Crippen LogP contribution in [0.1, 0.15) is 62.6 Å². The number of aromatic nitrogens is 2. The van der Waals surface area contributed by atoms with E-state index in [0.29, 0.717) is 17.6 Å². The molecule has 9 heteroatoms. The molecule has 0 spiro atoms. The highest BCUT2D eigenvalue weighted by Crippen LogP contribution is 2.30. The summed E-state index contributed by atoms with van der Waals surface area (Å²) in [5, 5.41) is 11.2. The summed E-state index contributed by atoms with van der Waals surface area (Å²) in [7, 11) is 0. The van der Waals surface area contributed by atoms with E-state index in [1.165, 1.54) is 19.3 Å². The molecular weight excluding hydrogens is 314 g/mol. The van der Waals surface area contributed by atoms with Crippen molar-refractivity contribution in [3.05, 3.63) is 11.7 Å². The summed E-state index contributed by atoms with van der Waals surface area (Å²) in [4.78, 5) is 39.1. The fraction of sp³-hybridized carbons (Fsp3) is 0.667. The third kappa shape index (κ3) is 4.09. The molecule has 2 aliphatic rings. The van der Waals surface area contributed by atoms with Gasteiger partial charge in [-0.25, -0.2) is 4.79 Å². The number of amides is 4. The molecule has 1 saturated carbocycles. The summed E-state index contributed by atoms with van der Waals surface area (Å²) in [6, 6.07) is -1.41. The van der Waals surface area contributed by atoms with E-state index in [1.807, 2.05) is 0 Å². The van der Waals surface area contributed by atoms with Crippen molar-refractivity contribution < 1.29 is 18.9 Å². The van der Waals surface area contributed by atoms with E-state index in [2.05, 4.69) is 26.1 Å². The van der Waals surface area contributed by atoms with Crippen LogP contribution in [0, 0.1) is 0 Å². The molecule has 3 N–H and O–H groups in total. The molecule has 1 aromatic heterocycles. The monoisotopic (exact) mass is 335 g/mol. The Labute approximate surface area is 138 Å². The number of imide groups is 1. The van der Waals surface area contributed by atoms with Crippen LogP contribution in [0.5, 0.6) is 0 Å². The minimum absolute atomic E-state index is 0.103. The Balaban J connectivity index is 1.51. The molecule has 3 rings (SSSR count). The first-order valence-corrected chi connectivity index (χ1v) is 8.32. The molecule has 4 amide bonds. The van der Waals surface area contributed by atoms with Crippen molar-refractivity contribution >= 4 is 17.8 Å². The second-order valence-electron chi connectivity index (χ2n) is 6.21. The molecule has 0 radical (unpaired) electrons. The van der Waals surface area contributed by atoms with Gasteiger partial charge < -0.3 is 15.2 Å². The average molecular weight is 335 g/mol. The lowest BCUT2D eigenvalue weighted by atomic mass is 9.89. The molecule has 1 atom stereocenters. The summed E-state index contributed by atoms with van der Waals surface area (Å²) in [5.74, 6) is 0.619. The van der Waals surface area contributed by atoms with Crippen molar-refractivity contribution in [3.8, 4) is 0 Å². The number of rotatable bonds is 4. The zero-order chi connectivity index (χ0) is 16.9. The summed E-state index contributed by atoms with van der Waals surface area (Å²) < 4.78 is 5.19. The van der Waals surface area contributed by atoms with Crippen LogP contribution in [-0.4, -0.2) is 34.0 Å². The first kappa shape index (κ1) is 16.4. The van der Waals surface area contributed by atoms with Crippen LogP contribution < -0.4 is 16.0 Å². The van der Waals surface area contributed by atoms with Gasteiger partial charge >= 0.3 is 6.03 Å². The minimum atomic E-state index is -0.753. The van der Waals surface area contributed by atoms with Gasteiger partial charge in [-0.15, -0.1) is 0 Å². The fourth-order valence-electron chi connectivity index (χ4n) is 3.08. The highest BCUT2D eigenvalue weighted by Gasteiger charge is 2.26. The molecule has 2 heterocycles. The van der Waals surface area contributed by atoms with Crippen LogP contribution in [0.2, 0.25) is 0 Å². The molecule has 0 unspecified atom stereocenters. The maximum Gasteiger partial charge on any atom is 0.322 e. The number of nitrogens with zero attached hydrogens (tertiary/aromatic N) is 2. The van der Waals surface area contributed by atoms with Crippen molar-refractivity contribution in [3.63, 3.8) is 0 Å². The van der Waals surface area contributed by atoms with E-state index in [1.54, 1.807) is 0 Å². The smallest absolute Gasteiger partial charge is 0.322 e. The van der Waals surface area contributed by atoms with Crippen LogP contribution in [0.4, 0.5) is 4.79 Å². The maximum absolute atomic E-state index is 12.1. The predicted molar refractivity (Wildman–Crippen MR) is 81.7 cm³/mol. The third-order valence-electron chi connectivity index (χ3n) is 4.40. The number of nitrogens with one attached hydrogen (secondary N) is 3. The molecule has 1 aliphatic heterocycles. The number of carbonyl (C=O) groups is 3. The van der Waals surface area contributed by atoms with Gasteiger partial charge in [-0.1, -0.05) is 24.4 Å². The number of hydrogen-bond acceptors (Lipinski definition) is 6. The van der Waals surface area contributed by atoms with Gasteiger partial charge in [-0.05, 0) is 19.3 Å². The zero-order valence-corrected chi connectivity index (χ0v) is 13.3. The Kier molecular flexibility index (Phi) is 5.07. The Morgan fingerprint density at radius 1 is 1.21 bits per heavy atom. The molecule has 1 saturated heterocycles. The standard InChI is InChI=1S/C15H21N5O4/c21-11-7-6-10(17-15(23)18-11)14(22)16-8-12-19-13(20-24-12)9-4-2-1-3-5-9/h9-10H,1-8H2,(H,16,22)(H2,17,18,21,23)/t10-/m1/s1. The highest BCUT2D eigenvalue weighted by atomic mass is 16.5. The Morgan fingerprint density at radius 3 is 2.79 bits per heavy atom. The van der Waals surface area contributed by atoms with E-state index in [-0.39, 0.29) is 25.3 Å². The summed E-state index contributed by atoms with van der Waals surface area (Å²) >= 11 is 0. The lowest BCUT2D eigenvalue weighted by Crippen LogP contribution is -2.48. The predicted octanol–water partition coefficient (Wildman–Crippen LogP) is 0.722. The molecule has 1 aromatic rings. The molecule has 1 aliphatic carbocycles. The minimum Gasteiger partial charge on any atom is -0.345 e. The number of urea groups is 1. The second-order valence-corrected chi connectivity index (χ2v) is 6.21. The van der Waals surface area contributed by atoms with Crippen molar-refractivity contribution in [1.82, 2.24) is 26.1 Å². The Bertz CT molecular complexity index is 623. The Morgan fingerprint density at radius 2 is 2.00 bits per heavy atom. The van der Waals surface area contributed by atoms with Crippen molar-refractivity contribution in [1.29, 1.82) is 0 Å². The van der Waals surface area contributed by atoms with Crippen molar-refractivity contribution in [2.45, 2.75) is 63.5 Å². The molecule has 130 valence electrons. The fourth-order valence-corrected chi connectivity index (χ4v) is 3.08. The second kappa shape index (κ2) is 7.41. The van der Waals surface area contributed by atoms with E-state index in [4.69, 9.17) is 4.52 Å². The van der Waals surface area contributed by atoms with E-state index < -0.39 is 18.0 Å². The average Bonchev–Trinajstić information content (AvgIpc) is 2.99. The normalized spacial score (nSPS) is 22.4. The van der Waals surface area contributed by atoms with Gasteiger partial charge in [0.25, 0.3) is 0 Å². The number of carbonyl (C=O) groups excluding carboxylic acids is 3. The van der Waals surface area contributed by atoms with Gasteiger partial charge in [0, 0.05) is 12.3 Å². The lowest BCUT2D eigenvalue weighted by molar-refractivity contribution is -0.123. The summed E-state index contributed by atoms with van der Waals surface area (Å²) in [6.07, 6.45) is 6.12. The molecule has 24 heavy (non-hydrogen) atoms. The van der Waals surface area contributed by atoms with Gasteiger partial charge in [-0.3, -0.25) is 14.9 Å². The van der Waals surface area contributed by atoms with Crippen LogP contribution in [-0.2, 0) is 16.1 Å². The molecule has 9 nitrogen and oxygen atoms in total. The van der Waals surface area contributed by atoms with Crippen LogP contribution >= 0.6 is 0 Å². The summed E-state index contributed by atoms with van der Waals surface area (Å²) in [6.45, 7) is 0.103. The van der Waals surface area contributed by atoms with Crippen molar-refractivity contribution in [2.24, 2.45) is 0 Å². The Hall–Kier alpha value is -2.45. The van der Waals surface area contributed by atoms with E-state index >= 15 is 0 Å². The van der Waals surface area contributed by atoms with Gasteiger partial charge in [0.1, 0.15) is 6.04 Å². The van der Waals surface area contributed by atoms with Crippen LogP contribution in [0.15, 0.2) is 4.52 Å². The molecule has 2 fully saturated rings. The first-order chi connectivity index (χ1) is 11.6. The maximum atomic E-state index is 12.1. The van der Waals surface area contributed by atoms with Gasteiger partial charge in [0.05, 0.1) is 6.54 Å². The largest absolute Gasteiger partial charge is 0.345 e. The van der Waals surface area contributed by atoms with Gasteiger partial charge in [0.15, 0.2) is 5.82 Å². The number of hydrogen-bond donors (Lipinski definition) is 3. The van der Waals surface area contributed by atoms with E-state index in [9.17, 15) is 14.4 Å². The lowest BCUT2D eigenvalue weighted by Gasteiger charge is -2.17. The molecular formula is C15H21N5O4. The SMILES string of the molecule is O=C1CC[C@H](C(=O)NCc2nc(C3CCCCC3)no2)NC(=O)N1. The van der Waals surface area contributed by atoms with Crippen LogP contribution in [0.3, 0.4) is 0 Å². The third-order valence-corrected chi connectivity index (χ3v) is 4.40. The summed E-state index contributed by atoms with van der Waals surface area (Å²) in [5.41, 5.74) is 0.